The second-order valence-electron chi connectivity index (χ2n) is 6.31. The molecule has 0 radical (unpaired) electrons. The molecule has 1 aliphatic heterocycles. The zero-order valence-electron chi connectivity index (χ0n) is 13.8. The van der Waals surface area contributed by atoms with E-state index >= 15 is 0 Å². The van der Waals surface area contributed by atoms with Crippen LogP contribution in [0.1, 0.15) is 17.2 Å². The maximum atomic E-state index is 4.68. The molecule has 3 nitrogen and oxygen atoms in total. The highest BCUT2D eigenvalue weighted by Gasteiger charge is 2.21. The van der Waals surface area contributed by atoms with Crippen molar-refractivity contribution in [2.45, 2.75) is 12.6 Å². The fourth-order valence-corrected chi connectivity index (χ4v) is 3.22. The van der Waals surface area contributed by atoms with Crippen LogP contribution < -0.4 is 5.32 Å². The predicted octanol–water partition coefficient (Wildman–Crippen LogP) is 3.97. The zero-order valence-corrected chi connectivity index (χ0v) is 13.8. The summed E-state index contributed by atoms with van der Waals surface area (Å²) >= 11 is 0. The minimum absolute atomic E-state index is 0.278. The molecule has 0 aromatic heterocycles. The maximum Gasteiger partial charge on any atom is 0.194 e. The van der Waals surface area contributed by atoms with E-state index in [0.29, 0.717) is 0 Å². The van der Waals surface area contributed by atoms with Crippen molar-refractivity contribution in [2.75, 3.05) is 13.6 Å². The molecule has 1 N–H and O–H groups in total. The Morgan fingerprint density at radius 3 is 2.54 bits per heavy atom. The Morgan fingerprint density at radius 1 is 0.958 bits per heavy atom. The number of nitrogens with one attached hydrogen (secondary N) is 1. The molecule has 120 valence electrons. The Hall–Kier alpha value is -2.81. The van der Waals surface area contributed by atoms with Crippen molar-refractivity contribution >= 4 is 16.7 Å². The van der Waals surface area contributed by atoms with Gasteiger partial charge in [0.2, 0.25) is 0 Å². The monoisotopic (exact) mass is 315 g/mol. The Kier molecular flexibility index (Phi) is 3.91. The average Bonchev–Trinajstić information content (AvgIpc) is 3.13. The Morgan fingerprint density at radius 2 is 1.71 bits per heavy atom. The average molecular weight is 315 g/mol. The summed E-state index contributed by atoms with van der Waals surface area (Å²) in [5, 5.41) is 6.11. The summed E-state index contributed by atoms with van der Waals surface area (Å²) in [6.07, 6.45) is 0. The quantitative estimate of drug-likeness (QED) is 0.792. The van der Waals surface area contributed by atoms with Crippen LogP contribution in [-0.4, -0.2) is 24.5 Å². The first-order valence-corrected chi connectivity index (χ1v) is 8.34. The normalized spacial score (nSPS) is 16.7. The molecule has 1 unspecified atom stereocenters. The van der Waals surface area contributed by atoms with Crippen molar-refractivity contribution in [3.8, 4) is 0 Å². The summed E-state index contributed by atoms with van der Waals surface area (Å²) < 4.78 is 0. The molecule has 0 saturated carbocycles. The number of hydrogen-bond donors (Lipinski definition) is 1. The molecule has 3 heteroatoms. The Labute approximate surface area is 142 Å². The van der Waals surface area contributed by atoms with E-state index < -0.39 is 0 Å². The van der Waals surface area contributed by atoms with Gasteiger partial charge in [0.15, 0.2) is 5.96 Å². The standard InChI is InChI=1S/C21H21N3/c1-24(15-16-11-12-17-7-5-6-10-19(17)13-16)21-22-14-20(23-21)18-8-3-2-4-9-18/h2-13,20H,14-15H2,1H3,(H,22,23). The third-order valence-electron chi connectivity index (χ3n) is 4.52. The highest BCUT2D eigenvalue weighted by molar-refractivity contribution is 5.84. The molecular weight excluding hydrogens is 294 g/mol. The smallest absolute Gasteiger partial charge is 0.194 e. The van der Waals surface area contributed by atoms with Crippen LogP contribution in [0.3, 0.4) is 0 Å². The number of hydrogen-bond acceptors (Lipinski definition) is 3. The molecule has 1 aliphatic rings. The number of rotatable bonds is 3. The highest BCUT2D eigenvalue weighted by atomic mass is 15.3. The van der Waals surface area contributed by atoms with Gasteiger partial charge >= 0.3 is 0 Å². The van der Waals surface area contributed by atoms with Gasteiger partial charge in [0.25, 0.3) is 0 Å². The van der Waals surface area contributed by atoms with Gasteiger partial charge < -0.3 is 10.2 Å². The summed E-state index contributed by atoms with van der Waals surface area (Å²) in [5.41, 5.74) is 2.58. The van der Waals surface area contributed by atoms with Gasteiger partial charge in [-0.1, -0.05) is 66.7 Å². The lowest BCUT2D eigenvalue weighted by Gasteiger charge is -2.21. The van der Waals surface area contributed by atoms with Crippen LogP contribution in [-0.2, 0) is 6.54 Å². The van der Waals surface area contributed by atoms with Crippen LogP contribution in [0.25, 0.3) is 10.8 Å². The number of guanidine groups is 1. The lowest BCUT2D eigenvalue weighted by atomic mass is 10.1. The van der Waals surface area contributed by atoms with E-state index in [1.807, 2.05) is 6.07 Å². The van der Waals surface area contributed by atoms with Gasteiger partial charge in [0.1, 0.15) is 0 Å². The van der Waals surface area contributed by atoms with Crippen molar-refractivity contribution in [1.82, 2.24) is 10.2 Å². The molecule has 0 saturated heterocycles. The number of fused-ring (bicyclic) bond motifs is 1. The third kappa shape index (κ3) is 2.98. The molecule has 1 heterocycles. The molecular formula is C21H21N3. The first-order valence-electron chi connectivity index (χ1n) is 8.34. The van der Waals surface area contributed by atoms with Crippen molar-refractivity contribution in [1.29, 1.82) is 0 Å². The molecule has 3 aromatic carbocycles. The number of benzene rings is 3. The van der Waals surface area contributed by atoms with Crippen LogP contribution >= 0.6 is 0 Å². The second kappa shape index (κ2) is 6.36. The fourth-order valence-electron chi connectivity index (χ4n) is 3.22. The highest BCUT2D eigenvalue weighted by Crippen LogP contribution is 2.19. The van der Waals surface area contributed by atoms with E-state index in [2.05, 4.69) is 89.0 Å². The van der Waals surface area contributed by atoms with Gasteiger partial charge in [-0.2, -0.15) is 0 Å². The first-order chi connectivity index (χ1) is 11.8. The Bertz CT molecular complexity index is 870. The van der Waals surface area contributed by atoms with E-state index in [1.165, 1.54) is 21.9 Å². The first kappa shape index (κ1) is 14.8. The molecule has 4 rings (SSSR count). The van der Waals surface area contributed by atoms with Crippen molar-refractivity contribution in [2.24, 2.45) is 4.99 Å². The molecule has 3 aromatic rings. The molecule has 0 fully saturated rings. The van der Waals surface area contributed by atoms with Gasteiger partial charge in [-0.3, -0.25) is 4.99 Å². The van der Waals surface area contributed by atoms with E-state index in [9.17, 15) is 0 Å². The van der Waals surface area contributed by atoms with Crippen LogP contribution in [0.4, 0.5) is 0 Å². The maximum absolute atomic E-state index is 4.68. The summed E-state index contributed by atoms with van der Waals surface area (Å²) in [5.74, 6) is 0.969. The molecule has 1 atom stereocenters. The van der Waals surface area contributed by atoms with Gasteiger partial charge in [-0.05, 0) is 28.0 Å². The molecule has 0 aliphatic carbocycles. The van der Waals surface area contributed by atoms with E-state index in [1.54, 1.807) is 0 Å². The third-order valence-corrected chi connectivity index (χ3v) is 4.52. The van der Waals surface area contributed by atoms with Gasteiger partial charge in [0.05, 0.1) is 12.6 Å². The van der Waals surface area contributed by atoms with Crippen LogP contribution in [0.2, 0.25) is 0 Å². The minimum atomic E-state index is 0.278. The molecule has 0 spiro atoms. The number of nitrogens with zero attached hydrogens (tertiary/aromatic N) is 2. The van der Waals surface area contributed by atoms with E-state index in [0.717, 1.165) is 19.0 Å². The van der Waals surface area contributed by atoms with E-state index in [-0.39, 0.29) is 6.04 Å². The zero-order chi connectivity index (χ0) is 16.4. The predicted molar refractivity (Wildman–Crippen MR) is 100 cm³/mol. The van der Waals surface area contributed by atoms with Crippen LogP contribution in [0, 0.1) is 0 Å². The lowest BCUT2D eigenvalue weighted by Crippen LogP contribution is -2.36. The lowest BCUT2D eigenvalue weighted by molar-refractivity contribution is 0.480. The Balaban J connectivity index is 1.45. The van der Waals surface area contributed by atoms with Gasteiger partial charge in [-0.15, -0.1) is 0 Å². The van der Waals surface area contributed by atoms with Crippen LogP contribution in [0.5, 0.6) is 0 Å². The van der Waals surface area contributed by atoms with Crippen molar-refractivity contribution in [3.63, 3.8) is 0 Å². The van der Waals surface area contributed by atoms with Gasteiger partial charge in [0, 0.05) is 13.6 Å². The largest absolute Gasteiger partial charge is 0.348 e. The number of aliphatic imine (C=N–C) groups is 1. The second-order valence-corrected chi connectivity index (χ2v) is 6.31. The van der Waals surface area contributed by atoms with Crippen molar-refractivity contribution < 1.29 is 0 Å². The van der Waals surface area contributed by atoms with E-state index in [4.69, 9.17) is 0 Å². The summed E-state index contributed by atoms with van der Waals surface area (Å²) in [7, 11) is 2.09. The topological polar surface area (TPSA) is 27.6 Å². The van der Waals surface area contributed by atoms with Crippen LogP contribution in [0.15, 0.2) is 77.8 Å². The summed E-state index contributed by atoms with van der Waals surface area (Å²) in [4.78, 5) is 6.87. The molecule has 0 amide bonds. The minimum Gasteiger partial charge on any atom is -0.348 e. The molecule has 24 heavy (non-hydrogen) atoms. The molecule has 0 bridgehead atoms. The summed E-state index contributed by atoms with van der Waals surface area (Å²) in [6.45, 7) is 1.64. The van der Waals surface area contributed by atoms with Crippen molar-refractivity contribution in [3.05, 3.63) is 83.9 Å². The van der Waals surface area contributed by atoms with Gasteiger partial charge in [-0.25, -0.2) is 0 Å². The SMILES string of the molecule is CN(Cc1ccc2ccccc2c1)C1=NCC(c2ccccc2)N1. The fraction of sp³-hybridized carbons (Fsp3) is 0.190. The summed E-state index contributed by atoms with van der Waals surface area (Å²) in [6, 6.07) is 25.9.